The quantitative estimate of drug-likeness (QED) is 0.787. The van der Waals surface area contributed by atoms with Gasteiger partial charge in [-0.15, -0.1) is 0 Å². The summed E-state index contributed by atoms with van der Waals surface area (Å²) >= 11 is 0. The first-order chi connectivity index (χ1) is 9.28. The van der Waals surface area contributed by atoms with Crippen molar-refractivity contribution in [2.24, 2.45) is 0 Å². The van der Waals surface area contributed by atoms with Crippen molar-refractivity contribution >= 4 is 15.7 Å². The van der Waals surface area contributed by atoms with Crippen molar-refractivity contribution in [1.82, 2.24) is 5.32 Å². The SMILES string of the molecule is CCCNCC(C)S(=O)(=O)N(C)c1cc(C)cc(C)c1. The number of rotatable bonds is 7. The lowest BCUT2D eigenvalue weighted by Gasteiger charge is -2.24. The van der Waals surface area contributed by atoms with Crippen molar-refractivity contribution in [3.05, 3.63) is 29.3 Å². The standard InChI is InChI=1S/C15H26N2O2S/c1-6-7-16-11-14(4)20(18,19)17(5)15-9-12(2)8-13(3)10-15/h8-10,14,16H,6-7,11H2,1-5H3. The Balaban J connectivity index is 2.90. The van der Waals surface area contributed by atoms with E-state index < -0.39 is 15.3 Å². The van der Waals surface area contributed by atoms with Crippen molar-refractivity contribution in [2.45, 2.75) is 39.4 Å². The van der Waals surface area contributed by atoms with E-state index >= 15 is 0 Å². The molecule has 0 fully saturated rings. The van der Waals surface area contributed by atoms with Gasteiger partial charge < -0.3 is 5.32 Å². The molecular weight excluding hydrogens is 272 g/mol. The Morgan fingerprint density at radius 3 is 2.25 bits per heavy atom. The maximum Gasteiger partial charge on any atom is 0.238 e. The van der Waals surface area contributed by atoms with Gasteiger partial charge in [0.1, 0.15) is 0 Å². The smallest absolute Gasteiger partial charge is 0.238 e. The number of aryl methyl sites for hydroxylation is 2. The molecule has 0 aliphatic rings. The molecule has 0 radical (unpaired) electrons. The number of nitrogens with one attached hydrogen (secondary N) is 1. The summed E-state index contributed by atoms with van der Waals surface area (Å²) in [4.78, 5) is 0. The Morgan fingerprint density at radius 2 is 1.75 bits per heavy atom. The number of nitrogens with zero attached hydrogens (tertiary/aromatic N) is 1. The highest BCUT2D eigenvalue weighted by Crippen LogP contribution is 2.22. The zero-order valence-corrected chi connectivity index (χ0v) is 13.9. The first-order valence-corrected chi connectivity index (χ1v) is 8.56. The van der Waals surface area contributed by atoms with Gasteiger partial charge in [-0.1, -0.05) is 13.0 Å². The van der Waals surface area contributed by atoms with Gasteiger partial charge in [0.05, 0.1) is 10.9 Å². The fourth-order valence-electron chi connectivity index (χ4n) is 2.14. The van der Waals surface area contributed by atoms with E-state index in [0.29, 0.717) is 6.54 Å². The Morgan fingerprint density at radius 1 is 1.20 bits per heavy atom. The predicted molar refractivity (Wildman–Crippen MR) is 85.9 cm³/mol. The highest BCUT2D eigenvalue weighted by atomic mass is 32.2. The van der Waals surface area contributed by atoms with E-state index in [4.69, 9.17) is 0 Å². The normalized spacial score (nSPS) is 13.2. The van der Waals surface area contributed by atoms with Gasteiger partial charge in [-0.3, -0.25) is 4.31 Å². The molecule has 4 nitrogen and oxygen atoms in total. The molecule has 0 aromatic heterocycles. The molecule has 0 heterocycles. The molecule has 114 valence electrons. The zero-order chi connectivity index (χ0) is 15.3. The Bertz CT molecular complexity index is 521. The average molecular weight is 298 g/mol. The topological polar surface area (TPSA) is 49.4 Å². The predicted octanol–water partition coefficient (Wildman–Crippen LogP) is 2.46. The maximum absolute atomic E-state index is 12.5. The third kappa shape index (κ3) is 4.21. The van der Waals surface area contributed by atoms with Gasteiger partial charge in [0.25, 0.3) is 0 Å². The second-order valence-corrected chi connectivity index (χ2v) is 7.76. The van der Waals surface area contributed by atoms with Gasteiger partial charge in [0.15, 0.2) is 0 Å². The number of hydrogen-bond acceptors (Lipinski definition) is 3. The molecule has 5 heteroatoms. The minimum atomic E-state index is -3.34. The summed E-state index contributed by atoms with van der Waals surface area (Å²) < 4.78 is 26.5. The molecule has 0 saturated carbocycles. The van der Waals surface area contributed by atoms with Crippen molar-refractivity contribution in [3.63, 3.8) is 0 Å². The molecule has 0 bridgehead atoms. The van der Waals surface area contributed by atoms with Crippen molar-refractivity contribution in [2.75, 3.05) is 24.4 Å². The monoisotopic (exact) mass is 298 g/mol. The van der Waals surface area contributed by atoms with Crippen LogP contribution >= 0.6 is 0 Å². The van der Waals surface area contributed by atoms with Crippen LogP contribution in [0, 0.1) is 13.8 Å². The van der Waals surface area contributed by atoms with Crippen LogP contribution in [0.3, 0.4) is 0 Å². The van der Waals surface area contributed by atoms with Gasteiger partial charge in [-0.05, 0) is 57.0 Å². The highest BCUT2D eigenvalue weighted by Gasteiger charge is 2.26. The van der Waals surface area contributed by atoms with Crippen molar-refractivity contribution in [3.8, 4) is 0 Å². The van der Waals surface area contributed by atoms with Crippen LogP contribution in [0.15, 0.2) is 18.2 Å². The first-order valence-electron chi connectivity index (χ1n) is 7.05. The van der Waals surface area contributed by atoms with Crippen molar-refractivity contribution in [1.29, 1.82) is 0 Å². The summed E-state index contributed by atoms with van der Waals surface area (Å²) in [6.45, 7) is 9.08. The summed E-state index contributed by atoms with van der Waals surface area (Å²) in [5.41, 5.74) is 2.86. The molecule has 0 saturated heterocycles. The number of sulfonamides is 1. The van der Waals surface area contributed by atoms with Crippen LogP contribution in [-0.2, 0) is 10.0 Å². The molecule has 0 spiro atoms. The molecule has 1 aromatic carbocycles. The summed E-state index contributed by atoms with van der Waals surface area (Å²) in [5, 5.41) is 2.72. The summed E-state index contributed by atoms with van der Waals surface area (Å²) in [5.74, 6) is 0. The number of anilines is 1. The molecule has 1 atom stereocenters. The van der Waals surface area contributed by atoms with E-state index in [2.05, 4.69) is 12.2 Å². The summed E-state index contributed by atoms with van der Waals surface area (Å²) in [7, 11) is -1.71. The lowest BCUT2D eigenvalue weighted by atomic mass is 10.1. The van der Waals surface area contributed by atoms with Crippen molar-refractivity contribution < 1.29 is 8.42 Å². The third-order valence-electron chi connectivity index (χ3n) is 3.32. The minimum Gasteiger partial charge on any atom is -0.315 e. The van der Waals surface area contributed by atoms with E-state index in [9.17, 15) is 8.42 Å². The molecule has 0 aliphatic carbocycles. The van der Waals surface area contributed by atoms with E-state index in [1.807, 2.05) is 32.0 Å². The van der Waals surface area contributed by atoms with Crippen LogP contribution in [0.4, 0.5) is 5.69 Å². The number of hydrogen-bond donors (Lipinski definition) is 1. The molecule has 1 unspecified atom stereocenters. The molecule has 1 rings (SSSR count). The Labute approximate surface area is 123 Å². The van der Waals surface area contributed by atoms with Crippen LogP contribution in [-0.4, -0.2) is 33.8 Å². The molecule has 0 amide bonds. The van der Waals surface area contributed by atoms with Crippen LogP contribution in [0.25, 0.3) is 0 Å². The second-order valence-electron chi connectivity index (χ2n) is 5.37. The van der Waals surface area contributed by atoms with Crippen LogP contribution in [0.2, 0.25) is 0 Å². The summed E-state index contributed by atoms with van der Waals surface area (Å²) in [6, 6.07) is 5.84. The largest absolute Gasteiger partial charge is 0.315 e. The van der Waals surface area contributed by atoms with Gasteiger partial charge in [-0.25, -0.2) is 8.42 Å². The molecule has 1 aromatic rings. The molecule has 1 N–H and O–H groups in total. The van der Waals surface area contributed by atoms with E-state index in [1.54, 1.807) is 14.0 Å². The minimum absolute atomic E-state index is 0.445. The molecule has 0 aliphatic heterocycles. The van der Waals surface area contributed by atoms with Gasteiger partial charge >= 0.3 is 0 Å². The fraction of sp³-hybridized carbons (Fsp3) is 0.600. The second kappa shape index (κ2) is 7.09. The fourth-order valence-corrected chi connectivity index (χ4v) is 3.40. The van der Waals surface area contributed by atoms with E-state index in [-0.39, 0.29) is 0 Å². The molecular formula is C15H26N2O2S. The Hall–Kier alpha value is -1.07. The Kier molecular flexibility index (Phi) is 6.02. The van der Waals surface area contributed by atoms with Gasteiger partial charge in [-0.2, -0.15) is 0 Å². The zero-order valence-electron chi connectivity index (χ0n) is 13.1. The van der Waals surface area contributed by atoms with Crippen LogP contribution in [0.1, 0.15) is 31.4 Å². The highest BCUT2D eigenvalue weighted by molar-refractivity contribution is 7.93. The van der Waals surface area contributed by atoms with E-state index in [1.165, 1.54) is 4.31 Å². The lowest BCUT2D eigenvalue weighted by Crippen LogP contribution is -2.40. The van der Waals surface area contributed by atoms with Crippen LogP contribution in [0.5, 0.6) is 0 Å². The van der Waals surface area contributed by atoms with E-state index in [0.717, 1.165) is 29.8 Å². The maximum atomic E-state index is 12.5. The van der Waals surface area contributed by atoms with Gasteiger partial charge in [0.2, 0.25) is 10.0 Å². The summed E-state index contributed by atoms with van der Waals surface area (Å²) in [6.07, 6.45) is 1.000. The third-order valence-corrected chi connectivity index (χ3v) is 5.48. The first kappa shape index (κ1) is 17.0. The molecule has 20 heavy (non-hydrogen) atoms. The number of benzene rings is 1. The lowest BCUT2D eigenvalue weighted by molar-refractivity contribution is 0.569. The van der Waals surface area contributed by atoms with Gasteiger partial charge in [0, 0.05) is 13.6 Å². The van der Waals surface area contributed by atoms with Crippen LogP contribution < -0.4 is 9.62 Å². The average Bonchev–Trinajstić information content (AvgIpc) is 2.36.